The molecule has 3 aromatic rings. The molecule has 5 heteroatoms. The lowest BCUT2D eigenvalue weighted by molar-refractivity contribution is 0.0934. The van der Waals surface area contributed by atoms with E-state index in [0.29, 0.717) is 5.56 Å². The number of halogens is 1. The Morgan fingerprint density at radius 1 is 1.21 bits per heavy atom. The molecule has 3 rings (SSSR count). The number of aromatic nitrogens is 2. The van der Waals surface area contributed by atoms with Crippen LogP contribution in [0, 0.1) is 3.57 Å². The number of hydrogen-bond acceptors (Lipinski definition) is 2. The number of aromatic amines is 1. The van der Waals surface area contributed by atoms with Crippen molar-refractivity contribution in [3.8, 4) is 11.3 Å². The van der Waals surface area contributed by atoms with Gasteiger partial charge in [0.1, 0.15) is 5.82 Å². The molecule has 2 N–H and O–H groups in total. The van der Waals surface area contributed by atoms with E-state index in [1.54, 1.807) is 0 Å². The number of amides is 1. The maximum Gasteiger partial charge on any atom is 0.251 e. The van der Waals surface area contributed by atoms with Crippen molar-refractivity contribution >= 4 is 28.5 Å². The summed E-state index contributed by atoms with van der Waals surface area (Å²) in [6.07, 6.45) is 2.57. The molecule has 4 nitrogen and oxygen atoms in total. The lowest BCUT2D eigenvalue weighted by Crippen LogP contribution is -2.28. The fourth-order valence-corrected chi connectivity index (χ4v) is 3.06. The first-order valence-electron chi connectivity index (χ1n) is 7.84. The summed E-state index contributed by atoms with van der Waals surface area (Å²) in [5.41, 5.74) is 2.69. The van der Waals surface area contributed by atoms with Gasteiger partial charge in [0.15, 0.2) is 0 Å². The largest absolute Gasteiger partial charge is 0.342 e. The predicted molar refractivity (Wildman–Crippen MR) is 104 cm³/mol. The Morgan fingerprint density at radius 3 is 2.71 bits per heavy atom. The molecule has 24 heavy (non-hydrogen) atoms. The van der Waals surface area contributed by atoms with Crippen molar-refractivity contribution in [1.29, 1.82) is 0 Å². The van der Waals surface area contributed by atoms with Crippen LogP contribution >= 0.6 is 22.6 Å². The number of carbonyl (C=O) groups is 1. The molecule has 1 amide bonds. The maximum absolute atomic E-state index is 12.5. The molecule has 0 spiro atoms. The number of hydrogen-bond donors (Lipinski definition) is 2. The number of H-pyrrole nitrogens is 1. The molecule has 1 unspecified atom stereocenters. The van der Waals surface area contributed by atoms with E-state index in [2.05, 4.69) is 37.9 Å². The Bertz CT molecular complexity index is 829. The molecular formula is C19H18IN3O. The first-order chi connectivity index (χ1) is 11.7. The van der Waals surface area contributed by atoms with Crippen LogP contribution in [0.4, 0.5) is 0 Å². The summed E-state index contributed by atoms with van der Waals surface area (Å²) >= 11 is 2.20. The van der Waals surface area contributed by atoms with Crippen LogP contribution in [0.15, 0.2) is 60.8 Å². The van der Waals surface area contributed by atoms with Gasteiger partial charge in [0, 0.05) is 9.13 Å². The molecule has 0 radical (unpaired) electrons. The molecule has 0 saturated carbocycles. The number of nitrogens with zero attached hydrogens (tertiary/aromatic N) is 1. The van der Waals surface area contributed by atoms with Gasteiger partial charge in [0.2, 0.25) is 0 Å². The SMILES string of the molecule is CCC(NC(=O)c1cccc(I)c1)c1ncc(-c2ccccc2)[nH]1. The van der Waals surface area contributed by atoms with E-state index in [-0.39, 0.29) is 11.9 Å². The Hall–Kier alpha value is -2.15. The normalized spacial score (nSPS) is 11.9. The van der Waals surface area contributed by atoms with Gasteiger partial charge in [-0.3, -0.25) is 4.79 Å². The zero-order valence-corrected chi connectivity index (χ0v) is 15.4. The van der Waals surface area contributed by atoms with Gasteiger partial charge in [-0.25, -0.2) is 4.98 Å². The third kappa shape index (κ3) is 3.84. The van der Waals surface area contributed by atoms with E-state index < -0.39 is 0 Å². The molecule has 1 heterocycles. The highest BCUT2D eigenvalue weighted by Gasteiger charge is 2.17. The Balaban J connectivity index is 1.77. The van der Waals surface area contributed by atoms with Gasteiger partial charge >= 0.3 is 0 Å². The maximum atomic E-state index is 12.5. The molecule has 1 atom stereocenters. The van der Waals surface area contributed by atoms with E-state index in [9.17, 15) is 4.79 Å². The van der Waals surface area contributed by atoms with Crippen molar-refractivity contribution < 1.29 is 4.79 Å². The Labute approximate surface area is 154 Å². The van der Waals surface area contributed by atoms with Gasteiger partial charge in [0.05, 0.1) is 17.9 Å². The third-order valence-electron chi connectivity index (χ3n) is 3.81. The second-order valence-corrected chi connectivity index (χ2v) is 6.74. The minimum absolute atomic E-state index is 0.0852. The van der Waals surface area contributed by atoms with E-state index in [1.165, 1.54) is 0 Å². The highest BCUT2D eigenvalue weighted by Crippen LogP contribution is 2.21. The second kappa shape index (κ2) is 7.61. The zero-order chi connectivity index (χ0) is 16.9. The number of benzene rings is 2. The molecule has 0 aliphatic rings. The van der Waals surface area contributed by atoms with Crippen molar-refractivity contribution in [3.05, 3.63) is 75.8 Å². The van der Waals surface area contributed by atoms with Crippen molar-refractivity contribution in [2.24, 2.45) is 0 Å². The third-order valence-corrected chi connectivity index (χ3v) is 4.48. The average molecular weight is 431 g/mol. The van der Waals surface area contributed by atoms with Crippen LogP contribution in [0.2, 0.25) is 0 Å². The molecule has 0 fully saturated rings. The molecule has 122 valence electrons. The van der Waals surface area contributed by atoms with Gasteiger partial charge in [0.25, 0.3) is 5.91 Å². The molecule has 1 aromatic heterocycles. The van der Waals surface area contributed by atoms with Gasteiger partial charge < -0.3 is 10.3 Å². The van der Waals surface area contributed by atoms with Crippen molar-refractivity contribution in [1.82, 2.24) is 15.3 Å². The topological polar surface area (TPSA) is 57.8 Å². The second-order valence-electron chi connectivity index (χ2n) is 5.49. The van der Waals surface area contributed by atoms with E-state index in [0.717, 1.165) is 27.1 Å². The average Bonchev–Trinajstić information content (AvgIpc) is 3.10. The lowest BCUT2D eigenvalue weighted by Gasteiger charge is -2.15. The van der Waals surface area contributed by atoms with E-state index >= 15 is 0 Å². The Kier molecular flexibility index (Phi) is 5.30. The number of nitrogens with one attached hydrogen (secondary N) is 2. The summed E-state index contributed by atoms with van der Waals surface area (Å²) in [5.74, 6) is 0.688. The van der Waals surface area contributed by atoms with Crippen molar-refractivity contribution in [2.45, 2.75) is 19.4 Å². The van der Waals surface area contributed by atoms with Crippen LogP contribution in [0.3, 0.4) is 0 Å². The highest BCUT2D eigenvalue weighted by molar-refractivity contribution is 14.1. The number of imidazole rings is 1. The molecule has 0 saturated heterocycles. The number of rotatable bonds is 5. The van der Waals surface area contributed by atoms with Crippen LogP contribution in [0.1, 0.15) is 35.6 Å². The molecule has 2 aromatic carbocycles. The highest BCUT2D eigenvalue weighted by atomic mass is 127. The van der Waals surface area contributed by atoms with Crippen LogP contribution in [0.5, 0.6) is 0 Å². The molecule has 0 aliphatic carbocycles. The smallest absolute Gasteiger partial charge is 0.251 e. The quantitative estimate of drug-likeness (QED) is 0.582. The van der Waals surface area contributed by atoms with Gasteiger partial charge in [-0.1, -0.05) is 43.3 Å². The predicted octanol–water partition coefficient (Wildman–Crippen LogP) is 4.56. The summed E-state index contributed by atoms with van der Waals surface area (Å²) in [5, 5.41) is 3.06. The summed E-state index contributed by atoms with van der Waals surface area (Å²) in [6.45, 7) is 2.03. The molecule has 0 bridgehead atoms. The summed E-state index contributed by atoms with van der Waals surface area (Å²) in [6, 6.07) is 17.4. The fraction of sp³-hybridized carbons (Fsp3) is 0.158. The van der Waals surface area contributed by atoms with E-state index in [1.807, 2.05) is 67.7 Å². The summed E-state index contributed by atoms with van der Waals surface area (Å²) < 4.78 is 1.04. The monoisotopic (exact) mass is 431 g/mol. The minimum atomic E-state index is -0.146. The van der Waals surface area contributed by atoms with Crippen LogP contribution in [-0.4, -0.2) is 15.9 Å². The summed E-state index contributed by atoms with van der Waals surface area (Å²) in [7, 11) is 0. The summed E-state index contributed by atoms with van der Waals surface area (Å²) in [4.78, 5) is 20.2. The zero-order valence-electron chi connectivity index (χ0n) is 13.3. The van der Waals surface area contributed by atoms with Gasteiger partial charge in [-0.15, -0.1) is 0 Å². The van der Waals surface area contributed by atoms with Gasteiger partial charge in [-0.2, -0.15) is 0 Å². The van der Waals surface area contributed by atoms with Crippen LogP contribution < -0.4 is 5.32 Å². The molecule has 0 aliphatic heterocycles. The van der Waals surface area contributed by atoms with Crippen LogP contribution in [0.25, 0.3) is 11.3 Å². The lowest BCUT2D eigenvalue weighted by atomic mass is 10.1. The van der Waals surface area contributed by atoms with E-state index in [4.69, 9.17) is 0 Å². The number of carbonyl (C=O) groups excluding carboxylic acids is 1. The fourth-order valence-electron chi connectivity index (χ4n) is 2.51. The minimum Gasteiger partial charge on any atom is -0.342 e. The van der Waals surface area contributed by atoms with Crippen LogP contribution in [-0.2, 0) is 0 Å². The first-order valence-corrected chi connectivity index (χ1v) is 8.92. The van der Waals surface area contributed by atoms with Gasteiger partial charge in [-0.05, 0) is 52.8 Å². The first kappa shape index (κ1) is 16.7. The Morgan fingerprint density at radius 2 is 2.00 bits per heavy atom. The standard InChI is InChI=1S/C19H18IN3O/c1-2-16(23-19(24)14-9-6-10-15(20)11-14)18-21-12-17(22-18)13-7-4-3-5-8-13/h3-12,16H,2H2,1H3,(H,21,22)(H,23,24). The van der Waals surface area contributed by atoms with Crippen molar-refractivity contribution in [3.63, 3.8) is 0 Å². The van der Waals surface area contributed by atoms with Crippen molar-refractivity contribution in [2.75, 3.05) is 0 Å². The molecular weight excluding hydrogens is 413 g/mol.